The van der Waals surface area contributed by atoms with Crippen LogP contribution in [0.25, 0.3) is 0 Å². The number of thiazole rings is 1. The number of nitrogens with one attached hydrogen (secondary N) is 2. The minimum absolute atomic E-state index is 0.149. The van der Waals surface area contributed by atoms with Crippen LogP contribution in [0, 0.1) is 6.92 Å². The van der Waals surface area contributed by atoms with E-state index < -0.39 is 0 Å². The lowest BCUT2D eigenvalue weighted by atomic mass is 10.1. The second-order valence-corrected chi connectivity index (χ2v) is 5.52. The topological polar surface area (TPSA) is 54.0 Å². The third kappa shape index (κ3) is 4.09. The highest BCUT2D eigenvalue weighted by Gasteiger charge is 2.17. The molecule has 2 rings (SSSR count). The molecule has 1 fully saturated rings. The van der Waals surface area contributed by atoms with Crippen molar-refractivity contribution in [3.05, 3.63) is 16.1 Å². The highest BCUT2D eigenvalue weighted by molar-refractivity contribution is 7.09. The average Bonchev–Trinajstić information content (AvgIpc) is 2.90. The minimum Gasteiger partial charge on any atom is -0.356 e. The summed E-state index contributed by atoms with van der Waals surface area (Å²) in [5.74, 6) is 0.149. The molecule has 1 saturated heterocycles. The Bertz CT molecular complexity index is 372. The normalized spacial score (nSPS) is 19.5. The van der Waals surface area contributed by atoms with Gasteiger partial charge in [-0.3, -0.25) is 4.79 Å². The van der Waals surface area contributed by atoms with Gasteiger partial charge in [-0.15, -0.1) is 11.3 Å². The molecule has 0 saturated carbocycles. The second kappa shape index (κ2) is 6.12. The third-order valence-corrected chi connectivity index (χ3v) is 3.79. The van der Waals surface area contributed by atoms with Gasteiger partial charge in [0.2, 0.25) is 5.91 Å². The maximum absolute atomic E-state index is 11.6. The Hall–Kier alpha value is -0.940. The molecule has 1 unspecified atom stereocenters. The van der Waals surface area contributed by atoms with Crippen molar-refractivity contribution in [3.8, 4) is 0 Å². The van der Waals surface area contributed by atoms with Crippen molar-refractivity contribution in [2.24, 2.45) is 0 Å². The standard InChI is InChI=1S/C12H19N3OS/c1-9-15-11(8-17-9)4-6-14-12(16)7-10-3-2-5-13-10/h8,10,13H,2-7H2,1H3,(H,14,16). The fraction of sp³-hybridized carbons (Fsp3) is 0.667. The van der Waals surface area contributed by atoms with E-state index in [-0.39, 0.29) is 5.91 Å². The zero-order chi connectivity index (χ0) is 12.1. The molecule has 2 heterocycles. The van der Waals surface area contributed by atoms with Crippen LogP contribution < -0.4 is 10.6 Å². The zero-order valence-corrected chi connectivity index (χ0v) is 11.0. The molecule has 0 aromatic carbocycles. The Labute approximate surface area is 106 Å². The predicted molar refractivity (Wildman–Crippen MR) is 69.2 cm³/mol. The Morgan fingerprint density at radius 1 is 1.71 bits per heavy atom. The lowest BCUT2D eigenvalue weighted by Gasteiger charge is -2.09. The van der Waals surface area contributed by atoms with Crippen LogP contribution in [0.1, 0.15) is 30.0 Å². The lowest BCUT2D eigenvalue weighted by molar-refractivity contribution is -0.121. The summed E-state index contributed by atoms with van der Waals surface area (Å²) in [4.78, 5) is 16.0. The van der Waals surface area contributed by atoms with E-state index in [1.165, 1.54) is 6.42 Å². The fourth-order valence-electron chi connectivity index (χ4n) is 2.08. The number of aryl methyl sites for hydroxylation is 1. The first-order chi connectivity index (χ1) is 8.24. The van der Waals surface area contributed by atoms with Crippen molar-refractivity contribution in [1.29, 1.82) is 0 Å². The van der Waals surface area contributed by atoms with Crippen LogP contribution in [0.5, 0.6) is 0 Å². The molecule has 94 valence electrons. The van der Waals surface area contributed by atoms with Crippen LogP contribution in [-0.2, 0) is 11.2 Å². The van der Waals surface area contributed by atoms with Crippen LogP contribution >= 0.6 is 11.3 Å². The van der Waals surface area contributed by atoms with Gasteiger partial charge >= 0.3 is 0 Å². The maximum atomic E-state index is 11.6. The summed E-state index contributed by atoms with van der Waals surface area (Å²) in [5.41, 5.74) is 1.08. The number of hydrogen-bond donors (Lipinski definition) is 2. The molecular formula is C12H19N3OS. The van der Waals surface area contributed by atoms with E-state index in [9.17, 15) is 4.79 Å². The molecule has 4 nitrogen and oxygen atoms in total. The Morgan fingerprint density at radius 3 is 3.24 bits per heavy atom. The molecule has 1 atom stereocenters. The van der Waals surface area contributed by atoms with Crippen molar-refractivity contribution in [1.82, 2.24) is 15.6 Å². The Morgan fingerprint density at radius 2 is 2.59 bits per heavy atom. The molecule has 1 aliphatic heterocycles. The van der Waals surface area contributed by atoms with Gasteiger partial charge in [0, 0.05) is 30.8 Å². The first-order valence-corrected chi connectivity index (χ1v) is 7.03. The monoisotopic (exact) mass is 253 g/mol. The highest BCUT2D eigenvalue weighted by Crippen LogP contribution is 2.09. The van der Waals surface area contributed by atoms with Crippen LogP contribution in [0.4, 0.5) is 0 Å². The molecule has 0 radical (unpaired) electrons. The maximum Gasteiger partial charge on any atom is 0.221 e. The molecule has 0 bridgehead atoms. The van der Waals surface area contributed by atoms with Crippen molar-refractivity contribution < 1.29 is 4.79 Å². The third-order valence-electron chi connectivity index (χ3n) is 2.96. The van der Waals surface area contributed by atoms with Gasteiger partial charge in [0.25, 0.3) is 0 Å². The van der Waals surface area contributed by atoms with E-state index in [4.69, 9.17) is 0 Å². The summed E-state index contributed by atoms with van der Waals surface area (Å²) in [6, 6.07) is 0.386. The van der Waals surface area contributed by atoms with E-state index in [0.29, 0.717) is 19.0 Å². The number of carbonyl (C=O) groups excluding carboxylic acids is 1. The molecule has 5 heteroatoms. The van der Waals surface area contributed by atoms with Crippen molar-refractivity contribution >= 4 is 17.2 Å². The van der Waals surface area contributed by atoms with E-state index in [2.05, 4.69) is 21.0 Å². The second-order valence-electron chi connectivity index (χ2n) is 4.46. The highest BCUT2D eigenvalue weighted by atomic mass is 32.1. The molecular weight excluding hydrogens is 234 g/mol. The van der Waals surface area contributed by atoms with Crippen LogP contribution in [0.2, 0.25) is 0 Å². The smallest absolute Gasteiger partial charge is 0.221 e. The first-order valence-electron chi connectivity index (χ1n) is 6.15. The van der Waals surface area contributed by atoms with Gasteiger partial charge in [0.15, 0.2) is 0 Å². The number of amides is 1. The summed E-state index contributed by atoms with van der Waals surface area (Å²) in [6.07, 6.45) is 3.75. The summed E-state index contributed by atoms with van der Waals surface area (Å²) in [6.45, 7) is 3.74. The Kier molecular flexibility index (Phi) is 4.50. The van der Waals surface area contributed by atoms with Gasteiger partial charge in [-0.25, -0.2) is 4.98 Å². The molecule has 1 aliphatic rings. The van der Waals surface area contributed by atoms with Crippen molar-refractivity contribution in [2.45, 2.75) is 38.6 Å². The number of carbonyl (C=O) groups is 1. The number of hydrogen-bond acceptors (Lipinski definition) is 4. The van der Waals surface area contributed by atoms with E-state index in [1.54, 1.807) is 11.3 Å². The molecule has 0 aliphatic carbocycles. The van der Waals surface area contributed by atoms with Gasteiger partial charge in [-0.2, -0.15) is 0 Å². The van der Waals surface area contributed by atoms with Gasteiger partial charge in [0.1, 0.15) is 0 Å². The quantitative estimate of drug-likeness (QED) is 0.830. The van der Waals surface area contributed by atoms with Gasteiger partial charge in [-0.1, -0.05) is 0 Å². The largest absolute Gasteiger partial charge is 0.356 e. The Balaban J connectivity index is 1.62. The summed E-state index contributed by atoms with van der Waals surface area (Å²) in [5, 5.41) is 9.42. The van der Waals surface area contributed by atoms with E-state index in [0.717, 1.165) is 30.1 Å². The predicted octanol–water partition coefficient (Wildman–Crippen LogP) is 1.25. The minimum atomic E-state index is 0.149. The average molecular weight is 253 g/mol. The SMILES string of the molecule is Cc1nc(CCNC(=O)CC2CCCN2)cs1. The number of nitrogens with zero attached hydrogens (tertiary/aromatic N) is 1. The zero-order valence-electron chi connectivity index (χ0n) is 10.2. The van der Waals surface area contributed by atoms with E-state index in [1.807, 2.05) is 6.92 Å². The van der Waals surface area contributed by atoms with E-state index >= 15 is 0 Å². The lowest BCUT2D eigenvalue weighted by Crippen LogP contribution is -2.32. The summed E-state index contributed by atoms with van der Waals surface area (Å²) < 4.78 is 0. The molecule has 1 aromatic heterocycles. The van der Waals surface area contributed by atoms with Crippen molar-refractivity contribution in [2.75, 3.05) is 13.1 Å². The van der Waals surface area contributed by atoms with Crippen LogP contribution in [0.3, 0.4) is 0 Å². The number of aromatic nitrogens is 1. The first kappa shape index (κ1) is 12.5. The molecule has 1 amide bonds. The van der Waals surface area contributed by atoms with Gasteiger partial charge in [0.05, 0.1) is 10.7 Å². The molecule has 0 spiro atoms. The molecule has 17 heavy (non-hydrogen) atoms. The molecule has 2 N–H and O–H groups in total. The van der Waals surface area contributed by atoms with Crippen molar-refractivity contribution in [3.63, 3.8) is 0 Å². The summed E-state index contributed by atoms with van der Waals surface area (Å²) in [7, 11) is 0. The van der Waals surface area contributed by atoms with Crippen LogP contribution in [-0.4, -0.2) is 30.0 Å². The fourth-order valence-corrected chi connectivity index (χ4v) is 2.73. The van der Waals surface area contributed by atoms with Gasteiger partial charge in [-0.05, 0) is 26.3 Å². The van der Waals surface area contributed by atoms with Gasteiger partial charge < -0.3 is 10.6 Å². The molecule has 1 aromatic rings. The summed E-state index contributed by atoms with van der Waals surface area (Å²) >= 11 is 1.66. The number of rotatable bonds is 5. The van der Waals surface area contributed by atoms with Crippen LogP contribution in [0.15, 0.2) is 5.38 Å².